The third-order valence-electron chi connectivity index (χ3n) is 8.97. The summed E-state index contributed by atoms with van der Waals surface area (Å²) >= 11 is 0. The van der Waals surface area contributed by atoms with Crippen LogP contribution in [0.25, 0.3) is 0 Å². The van der Waals surface area contributed by atoms with Crippen molar-refractivity contribution in [2.75, 3.05) is 6.54 Å². The van der Waals surface area contributed by atoms with E-state index in [2.05, 4.69) is 19.2 Å². The Morgan fingerprint density at radius 3 is 2.77 bits per heavy atom. The van der Waals surface area contributed by atoms with Crippen LogP contribution in [0.1, 0.15) is 58.8 Å². The quantitative estimate of drug-likeness (QED) is 0.723. The zero-order valence-corrected chi connectivity index (χ0v) is 14.1. The van der Waals surface area contributed by atoms with Crippen LogP contribution < -0.4 is 5.32 Å². The maximum absolute atomic E-state index is 10.5. The van der Waals surface area contributed by atoms with Gasteiger partial charge in [-0.3, -0.25) is 5.32 Å². The van der Waals surface area contributed by atoms with E-state index in [-0.39, 0.29) is 11.5 Å². The van der Waals surface area contributed by atoms with Crippen LogP contribution in [0.4, 0.5) is 0 Å². The highest BCUT2D eigenvalue weighted by atomic mass is 16.5. The number of fused-ring (bicyclic) bond motifs is 8. The van der Waals surface area contributed by atoms with E-state index in [4.69, 9.17) is 4.74 Å². The monoisotopic (exact) mass is 305 g/mol. The second-order valence-electron chi connectivity index (χ2n) is 9.41. The van der Waals surface area contributed by atoms with E-state index in [0.29, 0.717) is 17.7 Å². The summed E-state index contributed by atoms with van der Waals surface area (Å²) in [5.74, 6) is 3.26. The lowest BCUT2D eigenvalue weighted by Gasteiger charge is -2.61. The molecule has 0 spiro atoms. The highest BCUT2D eigenvalue weighted by molar-refractivity contribution is 5.12. The van der Waals surface area contributed by atoms with Gasteiger partial charge < -0.3 is 9.84 Å². The first-order valence-corrected chi connectivity index (χ1v) is 9.60. The van der Waals surface area contributed by atoms with Crippen LogP contribution in [0, 0.1) is 34.5 Å². The molecule has 2 heterocycles. The number of aliphatic hydroxyl groups excluding tert-OH is 1. The Morgan fingerprint density at radius 1 is 1.05 bits per heavy atom. The molecule has 3 nitrogen and oxygen atoms in total. The number of nitrogens with one attached hydrogen (secondary N) is 1. The summed E-state index contributed by atoms with van der Waals surface area (Å²) < 4.78 is 6.32. The van der Waals surface area contributed by atoms with Crippen molar-refractivity contribution < 1.29 is 9.84 Å². The Kier molecular flexibility index (Phi) is 2.91. The summed E-state index contributed by atoms with van der Waals surface area (Å²) in [6.45, 7) is 5.99. The molecule has 3 aliphatic carbocycles. The zero-order valence-electron chi connectivity index (χ0n) is 14.1. The fourth-order valence-electron chi connectivity index (χ4n) is 7.61. The third-order valence-corrected chi connectivity index (χ3v) is 8.97. The summed E-state index contributed by atoms with van der Waals surface area (Å²) in [5.41, 5.74) is 0.578. The smallest absolute Gasteiger partial charge is 0.108 e. The van der Waals surface area contributed by atoms with Gasteiger partial charge in [0.2, 0.25) is 0 Å². The molecule has 0 aromatic heterocycles. The number of aliphatic hydroxyl groups is 1. The lowest BCUT2D eigenvalue weighted by atomic mass is 9.46. The maximum atomic E-state index is 10.5. The molecule has 5 rings (SSSR count). The van der Waals surface area contributed by atoms with Gasteiger partial charge in [-0.1, -0.05) is 13.8 Å². The van der Waals surface area contributed by atoms with Crippen LogP contribution >= 0.6 is 0 Å². The van der Waals surface area contributed by atoms with Crippen molar-refractivity contribution in [1.29, 1.82) is 0 Å². The van der Waals surface area contributed by atoms with Crippen LogP contribution in [0.15, 0.2) is 0 Å². The molecule has 22 heavy (non-hydrogen) atoms. The van der Waals surface area contributed by atoms with E-state index in [1.165, 1.54) is 38.5 Å². The van der Waals surface area contributed by atoms with Gasteiger partial charge in [-0.05, 0) is 74.0 Å². The minimum atomic E-state index is -0.0517. The molecule has 2 saturated heterocycles. The lowest BCUT2D eigenvalue weighted by Crippen LogP contribution is -2.58. The van der Waals surface area contributed by atoms with Crippen molar-refractivity contribution in [3.8, 4) is 0 Å². The molecule has 0 aromatic carbocycles. The van der Waals surface area contributed by atoms with E-state index in [0.717, 1.165) is 36.6 Å². The minimum Gasteiger partial charge on any atom is -0.393 e. The first-order valence-electron chi connectivity index (χ1n) is 9.60. The second kappa shape index (κ2) is 4.49. The molecule has 2 aliphatic heterocycles. The van der Waals surface area contributed by atoms with Crippen molar-refractivity contribution in [1.82, 2.24) is 5.32 Å². The number of rotatable bonds is 0. The first kappa shape index (κ1) is 14.2. The fourth-order valence-corrected chi connectivity index (χ4v) is 7.61. The molecule has 5 aliphatic rings. The minimum absolute atomic E-state index is 0.0517. The summed E-state index contributed by atoms with van der Waals surface area (Å²) in [6.07, 6.45) is 9.56. The molecular formula is C19H31NO2. The summed E-state index contributed by atoms with van der Waals surface area (Å²) in [5, 5.41) is 14.1. The molecule has 9 unspecified atom stereocenters. The van der Waals surface area contributed by atoms with Crippen molar-refractivity contribution in [2.45, 2.75) is 77.2 Å². The Hall–Kier alpha value is -0.120. The van der Waals surface area contributed by atoms with Crippen LogP contribution in [-0.2, 0) is 4.74 Å². The Balaban J connectivity index is 1.50. The Bertz CT molecular complexity index is 482. The first-order chi connectivity index (χ1) is 10.5. The standard InChI is InChI=1S/C19H31NO2/c1-18-8-7-14-12(13(18)5-6-15(18)21)4-3-11-9-17-20-10-16(22-17)19(11,14)2/h11-17,20-21H,3-10H2,1-2H3. The molecule has 0 amide bonds. The summed E-state index contributed by atoms with van der Waals surface area (Å²) in [6, 6.07) is 0. The molecule has 5 fully saturated rings. The van der Waals surface area contributed by atoms with E-state index in [1.807, 2.05) is 0 Å². The predicted octanol–water partition coefficient (Wildman–Crippen LogP) is 2.92. The van der Waals surface area contributed by atoms with Gasteiger partial charge in [0.25, 0.3) is 0 Å². The molecule has 2 N–H and O–H groups in total. The molecule has 3 heteroatoms. The van der Waals surface area contributed by atoms with E-state index in [1.54, 1.807) is 0 Å². The highest BCUT2D eigenvalue weighted by Gasteiger charge is 2.63. The number of hydrogen-bond donors (Lipinski definition) is 2. The largest absolute Gasteiger partial charge is 0.393 e. The molecular weight excluding hydrogens is 274 g/mol. The Morgan fingerprint density at radius 2 is 1.91 bits per heavy atom. The molecule has 3 saturated carbocycles. The van der Waals surface area contributed by atoms with E-state index < -0.39 is 0 Å². The SMILES string of the molecule is CC12CCC3C(CCC4CC5NCC(O5)C43C)C1CCC2O. The average Bonchev–Trinajstić information content (AvgIpc) is 3.05. The number of ether oxygens (including phenoxy) is 1. The maximum Gasteiger partial charge on any atom is 0.108 e. The van der Waals surface area contributed by atoms with Gasteiger partial charge >= 0.3 is 0 Å². The van der Waals surface area contributed by atoms with Crippen LogP contribution in [0.2, 0.25) is 0 Å². The highest BCUT2D eigenvalue weighted by Crippen LogP contribution is 2.66. The van der Waals surface area contributed by atoms with E-state index in [9.17, 15) is 5.11 Å². The van der Waals surface area contributed by atoms with E-state index >= 15 is 0 Å². The molecule has 0 aromatic rings. The van der Waals surface area contributed by atoms with Crippen molar-refractivity contribution >= 4 is 0 Å². The average molecular weight is 305 g/mol. The van der Waals surface area contributed by atoms with Gasteiger partial charge in [-0.2, -0.15) is 0 Å². The predicted molar refractivity (Wildman–Crippen MR) is 85.2 cm³/mol. The molecule has 0 radical (unpaired) electrons. The third kappa shape index (κ3) is 1.58. The van der Waals surface area contributed by atoms with Gasteiger partial charge in [0.05, 0.1) is 12.2 Å². The van der Waals surface area contributed by atoms with Crippen molar-refractivity contribution in [2.24, 2.45) is 34.5 Å². The zero-order chi connectivity index (χ0) is 15.1. The van der Waals surface area contributed by atoms with Crippen LogP contribution in [0.5, 0.6) is 0 Å². The molecule has 2 bridgehead atoms. The molecule has 124 valence electrons. The van der Waals surface area contributed by atoms with Gasteiger partial charge in [-0.25, -0.2) is 0 Å². The Labute approximate surface area is 134 Å². The topological polar surface area (TPSA) is 41.5 Å². The van der Waals surface area contributed by atoms with Crippen molar-refractivity contribution in [3.05, 3.63) is 0 Å². The van der Waals surface area contributed by atoms with Gasteiger partial charge in [0.15, 0.2) is 0 Å². The van der Waals surface area contributed by atoms with Crippen LogP contribution in [-0.4, -0.2) is 30.1 Å². The summed E-state index contributed by atoms with van der Waals surface area (Å²) in [7, 11) is 0. The lowest BCUT2D eigenvalue weighted by molar-refractivity contribution is -0.195. The van der Waals surface area contributed by atoms with Crippen LogP contribution in [0.3, 0.4) is 0 Å². The second-order valence-corrected chi connectivity index (χ2v) is 9.41. The fraction of sp³-hybridized carbons (Fsp3) is 1.00. The van der Waals surface area contributed by atoms with Gasteiger partial charge in [0.1, 0.15) is 6.23 Å². The molecule has 9 atom stereocenters. The number of hydrogen-bond acceptors (Lipinski definition) is 3. The summed E-state index contributed by atoms with van der Waals surface area (Å²) in [4.78, 5) is 0. The van der Waals surface area contributed by atoms with Gasteiger partial charge in [-0.15, -0.1) is 0 Å². The van der Waals surface area contributed by atoms with Crippen molar-refractivity contribution in [3.63, 3.8) is 0 Å². The van der Waals surface area contributed by atoms with Gasteiger partial charge in [0, 0.05) is 12.0 Å². The normalized spacial score (nSPS) is 63.1.